The maximum atomic E-state index is 12.0. The standard InChI is InChI=1S/C12H17IN2O2/c1-14-8-10(13)11(16)15(12(14)17)7-9-5-3-2-4-6-9/h8-9H,2-7H2,1H3. The normalized spacial score (nSPS) is 17.3. The van der Waals surface area contributed by atoms with E-state index in [1.54, 1.807) is 13.2 Å². The van der Waals surface area contributed by atoms with Gasteiger partial charge in [-0.3, -0.25) is 9.36 Å². The van der Waals surface area contributed by atoms with Crippen molar-refractivity contribution in [1.29, 1.82) is 0 Å². The van der Waals surface area contributed by atoms with Gasteiger partial charge in [0.05, 0.1) is 3.57 Å². The first-order valence-electron chi connectivity index (χ1n) is 6.05. The zero-order chi connectivity index (χ0) is 12.4. The minimum Gasteiger partial charge on any atom is -0.302 e. The number of nitrogens with zero attached hydrogens (tertiary/aromatic N) is 2. The van der Waals surface area contributed by atoms with Crippen LogP contribution in [0.3, 0.4) is 0 Å². The van der Waals surface area contributed by atoms with Gasteiger partial charge in [-0.25, -0.2) is 4.79 Å². The molecule has 1 aliphatic carbocycles. The Morgan fingerprint density at radius 2 is 1.94 bits per heavy atom. The van der Waals surface area contributed by atoms with E-state index >= 15 is 0 Å². The van der Waals surface area contributed by atoms with Crippen LogP contribution in [0.1, 0.15) is 32.1 Å². The molecule has 1 fully saturated rings. The smallest absolute Gasteiger partial charge is 0.302 e. The monoisotopic (exact) mass is 348 g/mol. The summed E-state index contributed by atoms with van der Waals surface area (Å²) in [4.78, 5) is 23.9. The van der Waals surface area contributed by atoms with Gasteiger partial charge in [0.1, 0.15) is 0 Å². The van der Waals surface area contributed by atoms with Crippen molar-refractivity contribution >= 4 is 22.6 Å². The van der Waals surface area contributed by atoms with E-state index in [1.165, 1.54) is 28.4 Å². The van der Waals surface area contributed by atoms with E-state index in [1.807, 2.05) is 22.6 Å². The van der Waals surface area contributed by atoms with Crippen LogP contribution in [0.5, 0.6) is 0 Å². The van der Waals surface area contributed by atoms with Crippen LogP contribution in [0, 0.1) is 9.49 Å². The van der Waals surface area contributed by atoms with Crippen LogP contribution in [0.15, 0.2) is 15.8 Å². The van der Waals surface area contributed by atoms with Crippen molar-refractivity contribution in [1.82, 2.24) is 9.13 Å². The number of aryl methyl sites for hydroxylation is 1. The number of hydrogen-bond acceptors (Lipinski definition) is 2. The largest absolute Gasteiger partial charge is 0.330 e. The van der Waals surface area contributed by atoms with E-state index < -0.39 is 0 Å². The van der Waals surface area contributed by atoms with Crippen LogP contribution in [0.4, 0.5) is 0 Å². The molecule has 0 aromatic carbocycles. The molecule has 94 valence electrons. The van der Waals surface area contributed by atoms with Crippen LogP contribution in [0.2, 0.25) is 0 Å². The second-order valence-corrected chi connectivity index (χ2v) is 5.95. The van der Waals surface area contributed by atoms with Gasteiger partial charge < -0.3 is 4.57 Å². The van der Waals surface area contributed by atoms with E-state index in [2.05, 4.69) is 0 Å². The summed E-state index contributed by atoms with van der Waals surface area (Å²) in [5, 5.41) is 0. The highest BCUT2D eigenvalue weighted by molar-refractivity contribution is 14.1. The topological polar surface area (TPSA) is 44.0 Å². The summed E-state index contributed by atoms with van der Waals surface area (Å²) in [7, 11) is 1.70. The number of aromatic nitrogens is 2. The maximum absolute atomic E-state index is 12.0. The van der Waals surface area contributed by atoms with Crippen LogP contribution in [-0.2, 0) is 13.6 Å². The predicted molar refractivity (Wildman–Crippen MR) is 75.2 cm³/mol. The lowest BCUT2D eigenvalue weighted by atomic mass is 9.89. The highest BCUT2D eigenvalue weighted by Gasteiger charge is 2.17. The molecule has 2 rings (SSSR count). The summed E-state index contributed by atoms with van der Waals surface area (Å²) in [6.45, 7) is 0.586. The first-order chi connectivity index (χ1) is 8.09. The zero-order valence-corrected chi connectivity index (χ0v) is 12.1. The minimum atomic E-state index is -0.194. The fraction of sp³-hybridized carbons (Fsp3) is 0.667. The molecule has 5 heteroatoms. The molecule has 0 bridgehead atoms. The summed E-state index contributed by atoms with van der Waals surface area (Å²) < 4.78 is 3.50. The van der Waals surface area contributed by atoms with Crippen LogP contribution < -0.4 is 11.2 Å². The van der Waals surface area contributed by atoms with E-state index in [0.717, 1.165) is 12.8 Å². The van der Waals surface area contributed by atoms with Crippen molar-refractivity contribution in [2.24, 2.45) is 13.0 Å². The van der Waals surface area contributed by atoms with Crippen LogP contribution in [-0.4, -0.2) is 9.13 Å². The highest BCUT2D eigenvalue weighted by Crippen LogP contribution is 2.24. The second kappa shape index (κ2) is 5.37. The van der Waals surface area contributed by atoms with Crippen molar-refractivity contribution in [2.75, 3.05) is 0 Å². The lowest BCUT2D eigenvalue weighted by Gasteiger charge is -2.22. The van der Waals surface area contributed by atoms with Crippen molar-refractivity contribution in [3.05, 3.63) is 30.6 Å². The fourth-order valence-electron chi connectivity index (χ4n) is 2.48. The summed E-state index contributed by atoms with van der Waals surface area (Å²) >= 11 is 1.99. The molecule has 0 saturated heterocycles. The van der Waals surface area contributed by atoms with E-state index in [0.29, 0.717) is 16.0 Å². The lowest BCUT2D eigenvalue weighted by molar-refractivity contribution is 0.309. The average molecular weight is 348 g/mol. The molecule has 0 N–H and O–H groups in total. The Hall–Kier alpha value is -0.590. The third-order valence-corrected chi connectivity index (χ3v) is 4.19. The summed E-state index contributed by atoms with van der Waals surface area (Å²) in [6, 6.07) is 0. The summed E-state index contributed by atoms with van der Waals surface area (Å²) in [6.07, 6.45) is 7.62. The molecule has 1 heterocycles. The Morgan fingerprint density at radius 3 is 2.59 bits per heavy atom. The Morgan fingerprint density at radius 1 is 1.29 bits per heavy atom. The van der Waals surface area contributed by atoms with Gasteiger partial charge >= 0.3 is 5.69 Å². The molecular formula is C12H17IN2O2. The molecule has 0 atom stereocenters. The highest BCUT2D eigenvalue weighted by atomic mass is 127. The van der Waals surface area contributed by atoms with Gasteiger partial charge in [-0.2, -0.15) is 0 Å². The molecule has 0 radical (unpaired) electrons. The molecule has 0 spiro atoms. The van der Waals surface area contributed by atoms with E-state index in [9.17, 15) is 9.59 Å². The van der Waals surface area contributed by atoms with Gasteiger partial charge in [-0.05, 0) is 41.4 Å². The van der Waals surface area contributed by atoms with Gasteiger partial charge in [-0.1, -0.05) is 19.3 Å². The molecule has 1 aromatic heterocycles. The molecule has 1 saturated carbocycles. The first-order valence-corrected chi connectivity index (χ1v) is 7.13. The van der Waals surface area contributed by atoms with Crippen LogP contribution in [0.25, 0.3) is 0 Å². The average Bonchev–Trinajstić information content (AvgIpc) is 2.33. The molecular weight excluding hydrogens is 331 g/mol. The maximum Gasteiger partial charge on any atom is 0.330 e. The third kappa shape index (κ3) is 2.81. The van der Waals surface area contributed by atoms with Gasteiger partial charge in [0, 0.05) is 19.8 Å². The van der Waals surface area contributed by atoms with E-state index in [4.69, 9.17) is 0 Å². The molecule has 0 unspecified atom stereocenters. The molecule has 1 aliphatic rings. The predicted octanol–water partition coefficient (Wildman–Crippen LogP) is 1.73. The fourth-order valence-corrected chi connectivity index (χ4v) is 3.18. The van der Waals surface area contributed by atoms with Crippen molar-refractivity contribution < 1.29 is 0 Å². The summed E-state index contributed by atoms with van der Waals surface area (Å²) in [5.41, 5.74) is -0.333. The number of rotatable bonds is 2. The first kappa shape index (κ1) is 12.9. The van der Waals surface area contributed by atoms with E-state index in [-0.39, 0.29) is 11.2 Å². The Kier molecular flexibility index (Phi) is 4.06. The number of hydrogen-bond donors (Lipinski definition) is 0. The van der Waals surface area contributed by atoms with Crippen molar-refractivity contribution in [3.63, 3.8) is 0 Å². The summed E-state index contributed by atoms with van der Waals surface area (Å²) in [5.74, 6) is 0.493. The SMILES string of the molecule is Cn1cc(I)c(=O)n(CC2CCCCC2)c1=O. The van der Waals surface area contributed by atoms with Crippen LogP contribution >= 0.6 is 22.6 Å². The second-order valence-electron chi connectivity index (χ2n) is 4.79. The molecule has 0 aliphatic heterocycles. The number of halogens is 1. The van der Waals surface area contributed by atoms with Gasteiger partial charge in [-0.15, -0.1) is 0 Å². The molecule has 0 amide bonds. The Labute approximate surface area is 114 Å². The van der Waals surface area contributed by atoms with Crippen molar-refractivity contribution in [2.45, 2.75) is 38.6 Å². The third-order valence-electron chi connectivity index (χ3n) is 3.45. The molecule has 1 aromatic rings. The van der Waals surface area contributed by atoms with Gasteiger partial charge in [0.2, 0.25) is 0 Å². The Bertz CT molecular complexity index is 478. The zero-order valence-electron chi connectivity index (χ0n) is 9.99. The minimum absolute atomic E-state index is 0.140. The van der Waals surface area contributed by atoms with Crippen molar-refractivity contribution in [3.8, 4) is 0 Å². The molecule has 4 nitrogen and oxygen atoms in total. The van der Waals surface area contributed by atoms with Gasteiger partial charge in [0.15, 0.2) is 0 Å². The Balaban J connectivity index is 2.31. The van der Waals surface area contributed by atoms with Gasteiger partial charge in [0.25, 0.3) is 5.56 Å². The lowest BCUT2D eigenvalue weighted by Crippen LogP contribution is -2.41. The molecule has 17 heavy (non-hydrogen) atoms. The quantitative estimate of drug-likeness (QED) is 0.764.